The van der Waals surface area contributed by atoms with E-state index in [9.17, 15) is 9.18 Å². The van der Waals surface area contributed by atoms with E-state index in [0.717, 1.165) is 36.3 Å². The molecule has 0 aliphatic carbocycles. The van der Waals surface area contributed by atoms with Crippen LogP contribution in [0, 0.1) is 5.82 Å². The molecule has 0 spiro atoms. The molecule has 5 heteroatoms. The molecule has 24 heavy (non-hydrogen) atoms. The summed E-state index contributed by atoms with van der Waals surface area (Å²) < 4.78 is 18.6. The second-order valence-corrected chi connectivity index (χ2v) is 5.93. The lowest BCUT2D eigenvalue weighted by Crippen LogP contribution is -2.39. The van der Waals surface area contributed by atoms with Gasteiger partial charge in [-0.15, -0.1) is 0 Å². The van der Waals surface area contributed by atoms with Crippen LogP contribution in [0.25, 0.3) is 0 Å². The van der Waals surface area contributed by atoms with E-state index in [1.165, 1.54) is 12.1 Å². The van der Waals surface area contributed by atoms with Crippen molar-refractivity contribution in [1.82, 2.24) is 10.6 Å². The highest BCUT2D eigenvalue weighted by Gasteiger charge is 2.21. The van der Waals surface area contributed by atoms with Gasteiger partial charge in [0.2, 0.25) is 5.91 Å². The molecule has 3 rings (SSSR count). The number of halogens is 1. The van der Waals surface area contributed by atoms with Crippen molar-refractivity contribution in [3.63, 3.8) is 0 Å². The van der Waals surface area contributed by atoms with Crippen LogP contribution in [0.1, 0.15) is 24.0 Å². The Morgan fingerprint density at radius 3 is 2.79 bits per heavy atom. The van der Waals surface area contributed by atoms with Crippen molar-refractivity contribution < 1.29 is 13.9 Å². The highest BCUT2D eigenvalue weighted by atomic mass is 19.1. The lowest BCUT2D eigenvalue weighted by Gasteiger charge is -2.12. The van der Waals surface area contributed by atoms with E-state index in [4.69, 9.17) is 4.74 Å². The Balaban J connectivity index is 1.51. The fourth-order valence-electron chi connectivity index (χ4n) is 2.71. The van der Waals surface area contributed by atoms with Crippen LogP contribution in [0.4, 0.5) is 4.39 Å². The second kappa shape index (κ2) is 7.93. The van der Waals surface area contributed by atoms with E-state index in [1.54, 1.807) is 12.1 Å². The Bertz CT molecular complexity index is 682. The minimum absolute atomic E-state index is 0.0464. The number of nitrogens with one attached hydrogen (secondary N) is 2. The summed E-state index contributed by atoms with van der Waals surface area (Å²) in [6.45, 7) is 1.76. The normalized spacial score (nSPS) is 16.8. The van der Waals surface area contributed by atoms with E-state index < -0.39 is 0 Å². The van der Waals surface area contributed by atoms with Crippen LogP contribution in [0.2, 0.25) is 0 Å². The van der Waals surface area contributed by atoms with Crippen LogP contribution in [-0.2, 0) is 17.9 Å². The fraction of sp³-hybridized carbons (Fsp3) is 0.316. The SMILES string of the molecule is O=C(NCc1cccc(OCc2ccc(F)cc2)c1)C1CCCN1. The van der Waals surface area contributed by atoms with Crippen molar-refractivity contribution >= 4 is 5.91 Å². The Kier molecular flexibility index (Phi) is 5.43. The summed E-state index contributed by atoms with van der Waals surface area (Å²) in [5.41, 5.74) is 1.89. The first-order valence-corrected chi connectivity index (χ1v) is 8.18. The molecule has 1 heterocycles. The molecule has 0 radical (unpaired) electrons. The zero-order valence-corrected chi connectivity index (χ0v) is 13.4. The molecule has 1 saturated heterocycles. The van der Waals surface area contributed by atoms with E-state index in [0.29, 0.717) is 13.2 Å². The van der Waals surface area contributed by atoms with E-state index >= 15 is 0 Å². The molecule has 1 aliphatic heterocycles. The van der Waals surface area contributed by atoms with Crippen LogP contribution < -0.4 is 15.4 Å². The third-order valence-electron chi connectivity index (χ3n) is 4.06. The smallest absolute Gasteiger partial charge is 0.237 e. The van der Waals surface area contributed by atoms with Crippen molar-refractivity contribution in [2.75, 3.05) is 6.54 Å². The Morgan fingerprint density at radius 1 is 1.21 bits per heavy atom. The van der Waals surface area contributed by atoms with Gasteiger partial charge in [0.1, 0.15) is 18.2 Å². The molecule has 0 bridgehead atoms. The molecule has 1 aliphatic rings. The predicted octanol–water partition coefficient (Wildman–Crippen LogP) is 2.77. The molecule has 1 fully saturated rings. The summed E-state index contributed by atoms with van der Waals surface area (Å²) in [7, 11) is 0. The van der Waals surface area contributed by atoms with Crippen LogP contribution >= 0.6 is 0 Å². The van der Waals surface area contributed by atoms with Crippen LogP contribution in [0.5, 0.6) is 5.75 Å². The fourth-order valence-corrected chi connectivity index (χ4v) is 2.71. The van der Waals surface area contributed by atoms with E-state index in [1.807, 2.05) is 24.3 Å². The van der Waals surface area contributed by atoms with Gasteiger partial charge in [0.15, 0.2) is 0 Å². The maximum Gasteiger partial charge on any atom is 0.237 e. The van der Waals surface area contributed by atoms with Gasteiger partial charge in [0.05, 0.1) is 6.04 Å². The number of hydrogen-bond acceptors (Lipinski definition) is 3. The first kappa shape index (κ1) is 16.5. The molecule has 1 unspecified atom stereocenters. The first-order valence-electron chi connectivity index (χ1n) is 8.18. The molecular formula is C19H21FN2O2. The van der Waals surface area contributed by atoms with Crippen LogP contribution in [0.3, 0.4) is 0 Å². The Hall–Kier alpha value is -2.40. The monoisotopic (exact) mass is 328 g/mol. The minimum atomic E-state index is -0.256. The van der Waals surface area contributed by atoms with Gasteiger partial charge in [-0.05, 0) is 54.8 Å². The third kappa shape index (κ3) is 4.55. The van der Waals surface area contributed by atoms with Crippen molar-refractivity contribution in [2.45, 2.75) is 32.0 Å². The number of rotatable bonds is 6. The van der Waals surface area contributed by atoms with Gasteiger partial charge in [-0.2, -0.15) is 0 Å². The largest absolute Gasteiger partial charge is 0.489 e. The molecule has 2 N–H and O–H groups in total. The van der Waals surface area contributed by atoms with Crippen molar-refractivity contribution in [1.29, 1.82) is 0 Å². The average Bonchev–Trinajstić information content (AvgIpc) is 3.14. The second-order valence-electron chi connectivity index (χ2n) is 5.93. The van der Waals surface area contributed by atoms with Gasteiger partial charge in [-0.25, -0.2) is 4.39 Å². The van der Waals surface area contributed by atoms with E-state index in [-0.39, 0.29) is 17.8 Å². The molecule has 1 amide bonds. The summed E-state index contributed by atoms with van der Waals surface area (Å²) in [5, 5.41) is 6.13. The van der Waals surface area contributed by atoms with Crippen molar-refractivity contribution in [3.8, 4) is 5.75 Å². The number of ether oxygens (including phenoxy) is 1. The molecule has 2 aromatic carbocycles. The number of hydrogen-bond donors (Lipinski definition) is 2. The quantitative estimate of drug-likeness (QED) is 0.857. The maximum absolute atomic E-state index is 12.9. The zero-order valence-electron chi connectivity index (χ0n) is 13.4. The molecule has 1 atom stereocenters. The Morgan fingerprint density at radius 2 is 2.04 bits per heavy atom. The average molecular weight is 328 g/mol. The number of carbonyl (C=O) groups is 1. The first-order chi connectivity index (χ1) is 11.7. The van der Waals surface area contributed by atoms with Gasteiger partial charge >= 0.3 is 0 Å². The third-order valence-corrected chi connectivity index (χ3v) is 4.06. The minimum Gasteiger partial charge on any atom is -0.489 e. The van der Waals surface area contributed by atoms with Crippen molar-refractivity contribution in [3.05, 3.63) is 65.5 Å². The van der Waals surface area contributed by atoms with Crippen LogP contribution in [-0.4, -0.2) is 18.5 Å². The molecule has 0 saturated carbocycles. The number of carbonyl (C=O) groups excluding carboxylic acids is 1. The van der Waals surface area contributed by atoms with Crippen LogP contribution in [0.15, 0.2) is 48.5 Å². The summed E-state index contributed by atoms with van der Waals surface area (Å²) in [6.07, 6.45) is 1.94. The lowest BCUT2D eigenvalue weighted by atomic mass is 10.2. The topological polar surface area (TPSA) is 50.4 Å². The highest BCUT2D eigenvalue weighted by Crippen LogP contribution is 2.16. The van der Waals surface area contributed by atoms with Gasteiger partial charge in [0, 0.05) is 6.54 Å². The maximum atomic E-state index is 12.9. The lowest BCUT2D eigenvalue weighted by molar-refractivity contribution is -0.122. The van der Waals surface area contributed by atoms with Gasteiger partial charge in [-0.3, -0.25) is 4.79 Å². The molecule has 2 aromatic rings. The molecular weight excluding hydrogens is 307 g/mol. The molecule has 126 valence electrons. The summed E-state index contributed by atoms with van der Waals surface area (Å²) in [6, 6.07) is 13.8. The number of benzene rings is 2. The summed E-state index contributed by atoms with van der Waals surface area (Å²) >= 11 is 0. The standard InChI is InChI=1S/C19H21FN2O2/c20-16-8-6-14(7-9-16)13-24-17-4-1-3-15(11-17)12-22-19(23)18-5-2-10-21-18/h1,3-4,6-9,11,18,21H,2,5,10,12-13H2,(H,22,23). The summed E-state index contributed by atoms with van der Waals surface area (Å²) in [5.74, 6) is 0.517. The molecule has 4 nitrogen and oxygen atoms in total. The van der Waals surface area contributed by atoms with Gasteiger partial charge in [0.25, 0.3) is 0 Å². The highest BCUT2D eigenvalue weighted by molar-refractivity contribution is 5.81. The number of amides is 1. The van der Waals surface area contributed by atoms with Gasteiger partial charge < -0.3 is 15.4 Å². The van der Waals surface area contributed by atoms with Gasteiger partial charge in [-0.1, -0.05) is 24.3 Å². The van der Waals surface area contributed by atoms with Crippen molar-refractivity contribution in [2.24, 2.45) is 0 Å². The summed E-state index contributed by atoms with van der Waals surface area (Å²) in [4.78, 5) is 12.0. The Labute approximate surface area is 141 Å². The predicted molar refractivity (Wildman–Crippen MR) is 90.0 cm³/mol. The van der Waals surface area contributed by atoms with E-state index in [2.05, 4.69) is 10.6 Å². The zero-order chi connectivity index (χ0) is 16.8. The molecule has 0 aromatic heterocycles.